The molecule has 2 aromatic heterocycles. The number of methoxy groups -OCH3 is 1. The molecule has 0 aliphatic heterocycles. The third-order valence-electron chi connectivity index (χ3n) is 5.18. The number of esters is 1. The molecule has 0 spiro atoms. The molecule has 8 heteroatoms. The minimum absolute atomic E-state index is 0.292. The Morgan fingerprint density at radius 2 is 2.11 bits per heavy atom. The molecule has 28 heavy (non-hydrogen) atoms. The maximum Gasteiger partial charge on any atom is 0.330 e. The first-order valence-electron chi connectivity index (χ1n) is 9.65. The number of carbonyl (C=O) groups is 2. The fourth-order valence-electron chi connectivity index (χ4n) is 3.65. The van der Waals surface area contributed by atoms with Crippen LogP contribution in [0.25, 0.3) is 5.65 Å². The number of aromatic nitrogens is 2. The Bertz CT molecular complexity index is 842. The van der Waals surface area contributed by atoms with Crippen LogP contribution in [0, 0.1) is 12.8 Å². The summed E-state index contributed by atoms with van der Waals surface area (Å²) in [5, 5.41) is 11.8. The van der Waals surface area contributed by atoms with Gasteiger partial charge in [-0.2, -0.15) is 0 Å². The third-order valence-corrected chi connectivity index (χ3v) is 5.18. The number of rotatable bonds is 7. The highest BCUT2D eigenvalue weighted by Crippen LogP contribution is 2.27. The molecule has 2 N–H and O–H groups in total. The number of aliphatic hydroxyl groups excluding tert-OH is 1. The largest absolute Gasteiger partial charge is 0.489 e. The molecule has 3 rings (SSSR count). The molecular formula is C20H27N3O5. The van der Waals surface area contributed by atoms with E-state index < -0.39 is 24.5 Å². The number of hydrogen-bond acceptors (Lipinski definition) is 6. The van der Waals surface area contributed by atoms with Crippen LogP contribution in [-0.2, 0) is 9.53 Å². The maximum absolute atomic E-state index is 12.7. The standard InChI is InChI=1S/C20H27N3O5/c1-13-17(19(25)22-15(11-24)20(26)27-2)23-10-6-9-16(18(23)21-13)28-12-14-7-4-3-5-8-14/h6,9-10,14-15,24H,3-5,7-8,11-12H2,1-2H3,(H,22,25)/t15-/m0/s1. The van der Waals surface area contributed by atoms with Crippen LogP contribution in [0.5, 0.6) is 5.75 Å². The fourth-order valence-corrected chi connectivity index (χ4v) is 3.65. The van der Waals surface area contributed by atoms with Crippen LogP contribution in [0.2, 0.25) is 0 Å². The summed E-state index contributed by atoms with van der Waals surface area (Å²) in [6.45, 7) is 1.81. The van der Waals surface area contributed by atoms with Gasteiger partial charge in [0.2, 0.25) is 0 Å². The van der Waals surface area contributed by atoms with Gasteiger partial charge in [-0.3, -0.25) is 9.20 Å². The molecule has 1 atom stereocenters. The van der Waals surface area contributed by atoms with E-state index in [0.29, 0.717) is 35.3 Å². The van der Waals surface area contributed by atoms with Crippen LogP contribution in [-0.4, -0.2) is 52.7 Å². The van der Waals surface area contributed by atoms with E-state index in [0.717, 1.165) is 0 Å². The van der Waals surface area contributed by atoms with Crippen molar-refractivity contribution >= 4 is 17.5 Å². The zero-order valence-electron chi connectivity index (χ0n) is 16.3. The summed E-state index contributed by atoms with van der Waals surface area (Å²) in [5.41, 5.74) is 1.35. The van der Waals surface area contributed by atoms with Gasteiger partial charge in [0.25, 0.3) is 5.91 Å². The highest BCUT2D eigenvalue weighted by molar-refractivity contribution is 5.97. The number of ether oxygens (including phenoxy) is 2. The van der Waals surface area contributed by atoms with Crippen LogP contribution in [0.15, 0.2) is 18.3 Å². The Morgan fingerprint density at radius 3 is 2.79 bits per heavy atom. The molecule has 0 bridgehead atoms. The highest BCUT2D eigenvalue weighted by Gasteiger charge is 2.25. The van der Waals surface area contributed by atoms with E-state index in [9.17, 15) is 14.7 Å². The Morgan fingerprint density at radius 1 is 1.36 bits per heavy atom. The Hall–Kier alpha value is -2.61. The summed E-state index contributed by atoms with van der Waals surface area (Å²) in [4.78, 5) is 28.9. The van der Waals surface area contributed by atoms with Gasteiger partial charge in [0.15, 0.2) is 17.4 Å². The van der Waals surface area contributed by atoms with Crippen molar-refractivity contribution in [2.45, 2.75) is 45.1 Å². The summed E-state index contributed by atoms with van der Waals surface area (Å²) < 4.78 is 12.3. The van der Waals surface area contributed by atoms with Gasteiger partial charge in [0.1, 0.15) is 5.69 Å². The molecule has 1 aliphatic rings. The first kappa shape index (κ1) is 20.1. The molecule has 1 aliphatic carbocycles. The number of aryl methyl sites for hydroxylation is 1. The highest BCUT2D eigenvalue weighted by atomic mass is 16.5. The number of pyridine rings is 1. The predicted octanol–water partition coefficient (Wildman–Crippen LogP) is 1.87. The topological polar surface area (TPSA) is 102 Å². The van der Waals surface area contributed by atoms with E-state index in [1.165, 1.54) is 39.2 Å². The average Bonchev–Trinajstić information content (AvgIpc) is 3.06. The SMILES string of the molecule is COC(=O)[C@H](CO)NC(=O)c1c(C)nc2c(OCC3CCCCC3)cccn12. The van der Waals surface area contributed by atoms with Gasteiger partial charge in [0, 0.05) is 6.20 Å². The van der Waals surface area contributed by atoms with Crippen LogP contribution in [0.1, 0.15) is 48.3 Å². The van der Waals surface area contributed by atoms with Crippen LogP contribution in [0.3, 0.4) is 0 Å². The van der Waals surface area contributed by atoms with Gasteiger partial charge < -0.3 is 19.9 Å². The number of imidazole rings is 1. The van der Waals surface area contributed by atoms with E-state index >= 15 is 0 Å². The number of fused-ring (bicyclic) bond motifs is 1. The van der Waals surface area contributed by atoms with Crippen molar-refractivity contribution in [3.63, 3.8) is 0 Å². The van der Waals surface area contributed by atoms with Crippen molar-refractivity contribution in [1.29, 1.82) is 0 Å². The molecule has 0 unspecified atom stereocenters. The summed E-state index contributed by atoms with van der Waals surface area (Å²) in [7, 11) is 1.20. The molecule has 1 amide bonds. The minimum atomic E-state index is -1.13. The zero-order valence-corrected chi connectivity index (χ0v) is 16.3. The van der Waals surface area contributed by atoms with Gasteiger partial charge in [-0.25, -0.2) is 9.78 Å². The number of nitrogens with one attached hydrogen (secondary N) is 1. The van der Waals surface area contributed by atoms with Gasteiger partial charge >= 0.3 is 5.97 Å². The second-order valence-corrected chi connectivity index (χ2v) is 7.16. The molecule has 2 aromatic rings. The number of carbonyl (C=O) groups excluding carboxylic acids is 2. The van der Waals surface area contributed by atoms with E-state index in [1.807, 2.05) is 6.07 Å². The molecule has 8 nitrogen and oxygen atoms in total. The van der Waals surface area contributed by atoms with Crippen molar-refractivity contribution < 1.29 is 24.2 Å². The van der Waals surface area contributed by atoms with Gasteiger partial charge in [0.05, 0.1) is 26.0 Å². The second kappa shape index (κ2) is 9.05. The third kappa shape index (κ3) is 4.27. The Balaban J connectivity index is 1.81. The first-order chi connectivity index (χ1) is 13.5. The van der Waals surface area contributed by atoms with Crippen molar-refractivity contribution in [3.8, 4) is 5.75 Å². The molecule has 152 valence electrons. The van der Waals surface area contributed by atoms with Gasteiger partial charge in [-0.15, -0.1) is 0 Å². The van der Waals surface area contributed by atoms with E-state index in [-0.39, 0.29) is 0 Å². The van der Waals surface area contributed by atoms with E-state index in [1.54, 1.807) is 23.6 Å². The lowest BCUT2D eigenvalue weighted by Gasteiger charge is -2.21. The van der Waals surface area contributed by atoms with E-state index in [2.05, 4.69) is 15.0 Å². The summed E-state index contributed by atoms with van der Waals surface area (Å²) in [6, 6.07) is 2.51. The maximum atomic E-state index is 12.7. The van der Waals surface area contributed by atoms with Crippen LogP contribution >= 0.6 is 0 Å². The summed E-state index contributed by atoms with van der Waals surface area (Å²) in [5.74, 6) is -0.0437. The van der Waals surface area contributed by atoms with Crippen molar-refractivity contribution in [3.05, 3.63) is 29.7 Å². The predicted molar refractivity (Wildman–Crippen MR) is 102 cm³/mol. The normalized spacial score (nSPS) is 16.0. The van der Waals surface area contributed by atoms with Crippen LogP contribution in [0.4, 0.5) is 0 Å². The number of hydrogen-bond donors (Lipinski definition) is 2. The molecule has 2 heterocycles. The van der Waals surface area contributed by atoms with Gasteiger partial charge in [-0.1, -0.05) is 19.3 Å². The molecule has 0 aromatic carbocycles. The van der Waals surface area contributed by atoms with Crippen molar-refractivity contribution in [2.75, 3.05) is 20.3 Å². The quantitative estimate of drug-likeness (QED) is 0.701. The summed E-state index contributed by atoms with van der Waals surface area (Å²) >= 11 is 0. The first-order valence-corrected chi connectivity index (χ1v) is 9.65. The molecule has 0 saturated heterocycles. The van der Waals surface area contributed by atoms with E-state index in [4.69, 9.17) is 4.74 Å². The lowest BCUT2D eigenvalue weighted by atomic mass is 9.90. The summed E-state index contributed by atoms with van der Waals surface area (Å²) in [6.07, 6.45) is 7.88. The Kier molecular flexibility index (Phi) is 6.51. The monoisotopic (exact) mass is 389 g/mol. The molecule has 1 saturated carbocycles. The smallest absolute Gasteiger partial charge is 0.330 e. The van der Waals surface area contributed by atoms with Crippen molar-refractivity contribution in [1.82, 2.24) is 14.7 Å². The Labute approximate surface area is 163 Å². The second-order valence-electron chi connectivity index (χ2n) is 7.16. The number of nitrogens with zero attached hydrogens (tertiary/aromatic N) is 2. The fraction of sp³-hybridized carbons (Fsp3) is 0.550. The number of aliphatic hydroxyl groups is 1. The lowest BCUT2D eigenvalue weighted by Crippen LogP contribution is -2.44. The average molecular weight is 389 g/mol. The molecule has 0 radical (unpaired) electrons. The van der Waals surface area contributed by atoms with Crippen molar-refractivity contribution in [2.24, 2.45) is 5.92 Å². The minimum Gasteiger partial charge on any atom is -0.489 e. The van der Waals surface area contributed by atoms with Crippen LogP contribution < -0.4 is 10.1 Å². The lowest BCUT2D eigenvalue weighted by molar-refractivity contribution is -0.143. The molecular weight excluding hydrogens is 362 g/mol. The van der Waals surface area contributed by atoms with Gasteiger partial charge in [-0.05, 0) is 37.8 Å². The number of amides is 1. The molecule has 1 fully saturated rings. The zero-order chi connectivity index (χ0) is 20.1.